The van der Waals surface area contributed by atoms with Crippen LogP contribution in [0.5, 0.6) is 0 Å². The topological polar surface area (TPSA) is 66.5 Å². The van der Waals surface area contributed by atoms with Gasteiger partial charge in [-0.25, -0.2) is 13.1 Å². The summed E-state index contributed by atoms with van der Waals surface area (Å²) < 4.78 is 26.8. The van der Waals surface area contributed by atoms with Gasteiger partial charge in [-0.3, -0.25) is 4.79 Å². The van der Waals surface area contributed by atoms with Gasteiger partial charge in [0.05, 0.1) is 4.90 Å². The van der Waals surface area contributed by atoms with E-state index in [9.17, 15) is 13.2 Å². The number of benzene rings is 1. The number of nitrogens with one attached hydrogen (secondary N) is 1. The maximum absolute atomic E-state index is 12.1. The third kappa shape index (κ3) is 3.80. The van der Waals surface area contributed by atoms with Crippen LogP contribution in [0.25, 0.3) is 0 Å². The summed E-state index contributed by atoms with van der Waals surface area (Å²) in [5.41, 5.74) is 0.899. The van der Waals surface area contributed by atoms with Crippen LogP contribution in [0.2, 0.25) is 0 Å². The molecule has 0 bridgehead atoms. The Kier molecular flexibility index (Phi) is 4.45. The first-order valence-corrected chi connectivity index (χ1v) is 8.22. The van der Waals surface area contributed by atoms with Crippen molar-refractivity contribution in [1.82, 2.24) is 9.62 Å². The maximum Gasteiger partial charge on any atom is 0.240 e. The number of aryl methyl sites for hydroxylation is 1. The van der Waals surface area contributed by atoms with Gasteiger partial charge >= 0.3 is 0 Å². The van der Waals surface area contributed by atoms with Crippen molar-refractivity contribution in [3.05, 3.63) is 29.8 Å². The van der Waals surface area contributed by atoms with E-state index >= 15 is 0 Å². The zero-order chi connectivity index (χ0) is 14.8. The van der Waals surface area contributed by atoms with Crippen LogP contribution < -0.4 is 4.72 Å². The number of sulfonamides is 1. The summed E-state index contributed by atoms with van der Waals surface area (Å²) in [6.45, 7) is 4.04. The Morgan fingerprint density at radius 1 is 1.40 bits per heavy atom. The van der Waals surface area contributed by atoms with Gasteiger partial charge < -0.3 is 4.90 Å². The van der Waals surface area contributed by atoms with E-state index in [2.05, 4.69) is 4.72 Å². The third-order valence-corrected chi connectivity index (χ3v) is 4.80. The highest BCUT2D eigenvalue weighted by Crippen LogP contribution is 2.26. The summed E-state index contributed by atoms with van der Waals surface area (Å²) in [6.07, 6.45) is 2.04. The van der Waals surface area contributed by atoms with Gasteiger partial charge in [0.1, 0.15) is 0 Å². The van der Waals surface area contributed by atoms with E-state index in [4.69, 9.17) is 0 Å². The van der Waals surface area contributed by atoms with Crippen LogP contribution in [0.4, 0.5) is 0 Å². The Balaban J connectivity index is 1.94. The highest BCUT2D eigenvalue weighted by Gasteiger charge is 2.30. The fourth-order valence-corrected chi connectivity index (χ4v) is 3.28. The fourth-order valence-electron chi connectivity index (χ4n) is 2.15. The molecule has 0 heterocycles. The summed E-state index contributed by atoms with van der Waals surface area (Å²) in [6, 6.07) is 7.07. The monoisotopic (exact) mass is 296 g/mol. The Bertz CT molecular complexity index is 594. The van der Waals surface area contributed by atoms with Crippen molar-refractivity contribution in [2.45, 2.75) is 37.6 Å². The Morgan fingerprint density at radius 2 is 2.10 bits per heavy atom. The largest absolute Gasteiger partial charge is 0.339 e. The Morgan fingerprint density at radius 3 is 2.65 bits per heavy atom. The Labute approximate surface area is 120 Å². The lowest BCUT2D eigenvalue weighted by Gasteiger charge is -2.20. The average Bonchev–Trinajstić information content (AvgIpc) is 3.18. The van der Waals surface area contributed by atoms with Gasteiger partial charge in [-0.05, 0) is 37.5 Å². The lowest BCUT2D eigenvalue weighted by atomic mass is 10.2. The highest BCUT2D eigenvalue weighted by molar-refractivity contribution is 7.89. The molecule has 1 aliphatic rings. The lowest BCUT2D eigenvalue weighted by molar-refractivity contribution is -0.129. The number of carbonyl (C=O) groups excluding carboxylic acids is 1. The van der Waals surface area contributed by atoms with Crippen molar-refractivity contribution in [3.8, 4) is 0 Å². The molecule has 6 heteroatoms. The van der Waals surface area contributed by atoms with Gasteiger partial charge in [0.25, 0.3) is 0 Å². The van der Waals surface area contributed by atoms with E-state index in [0.29, 0.717) is 12.6 Å². The first-order chi connectivity index (χ1) is 9.40. The molecule has 20 heavy (non-hydrogen) atoms. The molecule has 0 saturated heterocycles. The fraction of sp³-hybridized carbons (Fsp3) is 0.500. The first kappa shape index (κ1) is 15.0. The number of rotatable bonds is 6. The Hall–Kier alpha value is -1.40. The molecule has 1 aromatic rings. The summed E-state index contributed by atoms with van der Waals surface area (Å²) in [5, 5.41) is 0. The SMILES string of the molecule is CC(=O)N(CCNS(=O)(=O)c1cccc(C)c1)C1CC1. The second-order valence-corrected chi connectivity index (χ2v) is 6.92. The van der Waals surface area contributed by atoms with E-state index < -0.39 is 10.0 Å². The first-order valence-electron chi connectivity index (χ1n) is 6.74. The van der Waals surface area contributed by atoms with E-state index in [0.717, 1.165) is 18.4 Å². The van der Waals surface area contributed by atoms with Crippen LogP contribution in [0.3, 0.4) is 0 Å². The minimum Gasteiger partial charge on any atom is -0.339 e. The quantitative estimate of drug-likeness (QED) is 0.860. The van der Waals surface area contributed by atoms with Crippen molar-refractivity contribution in [3.63, 3.8) is 0 Å². The standard InChI is InChI=1S/C14H20N2O3S/c1-11-4-3-5-14(10-11)20(18,19)15-8-9-16(12(2)17)13-6-7-13/h3-5,10,13,15H,6-9H2,1-2H3. The van der Waals surface area contributed by atoms with Gasteiger partial charge in [0.15, 0.2) is 0 Å². The van der Waals surface area contributed by atoms with E-state index in [1.807, 2.05) is 13.0 Å². The minimum atomic E-state index is -3.50. The van der Waals surface area contributed by atoms with Crippen molar-refractivity contribution in [1.29, 1.82) is 0 Å². The summed E-state index contributed by atoms with van der Waals surface area (Å²) in [7, 11) is -3.50. The van der Waals surface area contributed by atoms with Crippen LogP contribution in [0.1, 0.15) is 25.3 Å². The second-order valence-electron chi connectivity index (χ2n) is 5.16. The normalized spacial score (nSPS) is 15.1. The van der Waals surface area contributed by atoms with Gasteiger partial charge in [0.2, 0.25) is 15.9 Å². The molecule has 2 rings (SSSR count). The van der Waals surface area contributed by atoms with Crippen LogP contribution in [-0.4, -0.2) is 38.4 Å². The van der Waals surface area contributed by atoms with Gasteiger partial charge in [-0.2, -0.15) is 0 Å². The highest BCUT2D eigenvalue weighted by atomic mass is 32.2. The summed E-state index contributed by atoms with van der Waals surface area (Å²) in [5.74, 6) is 0.00209. The summed E-state index contributed by atoms with van der Waals surface area (Å²) in [4.78, 5) is 13.4. The van der Waals surface area contributed by atoms with Gasteiger partial charge in [-0.15, -0.1) is 0 Å². The molecular weight excluding hydrogens is 276 g/mol. The maximum atomic E-state index is 12.1. The number of hydrogen-bond donors (Lipinski definition) is 1. The van der Waals surface area contributed by atoms with Gasteiger partial charge in [0, 0.05) is 26.1 Å². The van der Waals surface area contributed by atoms with Crippen LogP contribution in [0.15, 0.2) is 29.2 Å². The molecule has 110 valence electrons. The predicted molar refractivity (Wildman–Crippen MR) is 76.8 cm³/mol. The zero-order valence-corrected chi connectivity index (χ0v) is 12.6. The number of carbonyl (C=O) groups is 1. The molecule has 0 radical (unpaired) electrons. The van der Waals surface area contributed by atoms with Crippen LogP contribution in [-0.2, 0) is 14.8 Å². The van der Waals surface area contributed by atoms with E-state index in [-0.39, 0.29) is 17.3 Å². The zero-order valence-electron chi connectivity index (χ0n) is 11.8. The molecule has 1 N–H and O–H groups in total. The van der Waals surface area contributed by atoms with E-state index in [1.54, 1.807) is 23.1 Å². The van der Waals surface area contributed by atoms with Crippen molar-refractivity contribution < 1.29 is 13.2 Å². The molecular formula is C14H20N2O3S. The molecule has 1 aliphatic carbocycles. The molecule has 1 saturated carbocycles. The third-order valence-electron chi connectivity index (χ3n) is 3.34. The molecule has 0 atom stereocenters. The molecule has 1 aromatic carbocycles. The summed E-state index contributed by atoms with van der Waals surface area (Å²) >= 11 is 0. The molecule has 1 amide bonds. The predicted octanol–water partition coefficient (Wildman–Crippen LogP) is 1.28. The van der Waals surface area contributed by atoms with Crippen molar-refractivity contribution in [2.75, 3.05) is 13.1 Å². The molecule has 1 fully saturated rings. The molecule has 0 spiro atoms. The minimum absolute atomic E-state index is 0.00209. The van der Waals surface area contributed by atoms with E-state index in [1.165, 1.54) is 6.92 Å². The second kappa shape index (κ2) is 5.93. The van der Waals surface area contributed by atoms with Crippen molar-refractivity contribution >= 4 is 15.9 Å². The van der Waals surface area contributed by atoms with Crippen molar-refractivity contribution in [2.24, 2.45) is 0 Å². The van der Waals surface area contributed by atoms with Crippen LogP contribution >= 0.6 is 0 Å². The number of hydrogen-bond acceptors (Lipinski definition) is 3. The number of nitrogens with zero attached hydrogens (tertiary/aromatic N) is 1. The lowest BCUT2D eigenvalue weighted by Crippen LogP contribution is -2.38. The number of amides is 1. The average molecular weight is 296 g/mol. The molecule has 0 aliphatic heterocycles. The molecule has 5 nitrogen and oxygen atoms in total. The van der Waals surface area contributed by atoms with Crippen LogP contribution in [0, 0.1) is 6.92 Å². The smallest absolute Gasteiger partial charge is 0.240 e. The van der Waals surface area contributed by atoms with Gasteiger partial charge in [-0.1, -0.05) is 12.1 Å². The molecule has 0 aromatic heterocycles. The molecule has 0 unspecified atom stereocenters.